The van der Waals surface area contributed by atoms with Crippen LogP contribution in [0.2, 0.25) is 0 Å². The first-order valence-corrected chi connectivity index (χ1v) is 11.7. The number of hydrogen-bond acceptors (Lipinski definition) is 7. The van der Waals surface area contributed by atoms with Crippen LogP contribution in [0.3, 0.4) is 0 Å². The number of benzene rings is 1. The Balaban J connectivity index is 1.99. The molecule has 32 heavy (non-hydrogen) atoms. The lowest BCUT2D eigenvalue weighted by atomic mass is 10.1. The van der Waals surface area contributed by atoms with Gasteiger partial charge in [0.25, 0.3) is 0 Å². The second kappa shape index (κ2) is 8.38. The Kier molecular flexibility index (Phi) is 5.76. The van der Waals surface area contributed by atoms with Gasteiger partial charge in [-0.15, -0.1) is 0 Å². The number of imidazole rings is 1. The van der Waals surface area contributed by atoms with Gasteiger partial charge in [0, 0.05) is 24.2 Å². The van der Waals surface area contributed by atoms with Gasteiger partial charge >= 0.3 is 0 Å². The van der Waals surface area contributed by atoms with E-state index < -0.39 is 9.84 Å². The maximum absolute atomic E-state index is 13.5. The SMILES string of the molecule is CN(C)C(CO)c1ccn2c(-c3ccnc(S(C)(=O)=O)n3)c(-c3ccc(F)cc3)nc2c1. The van der Waals surface area contributed by atoms with Crippen molar-refractivity contribution < 1.29 is 17.9 Å². The van der Waals surface area contributed by atoms with Gasteiger partial charge in [0.05, 0.1) is 29.7 Å². The van der Waals surface area contributed by atoms with E-state index in [1.165, 1.54) is 18.3 Å². The molecule has 0 radical (unpaired) electrons. The van der Waals surface area contributed by atoms with Crippen LogP contribution in [0.1, 0.15) is 11.6 Å². The Morgan fingerprint density at radius 3 is 2.47 bits per heavy atom. The fourth-order valence-electron chi connectivity index (χ4n) is 3.54. The van der Waals surface area contributed by atoms with Crippen LogP contribution in [-0.2, 0) is 9.84 Å². The molecule has 0 aliphatic heterocycles. The van der Waals surface area contributed by atoms with E-state index in [1.54, 1.807) is 28.8 Å². The summed E-state index contributed by atoms with van der Waals surface area (Å²) in [5, 5.41) is 9.50. The molecule has 0 amide bonds. The molecule has 0 bridgehead atoms. The molecule has 1 atom stereocenters. The molecule has 0 aliphatic rings. The van der Waals surface area contributed by atoms with Crippen LogP contribution in [0.25, 0.3) is 28.3 Å². The van der Waals surface area contributed by atoms with Crippen molar-refractivity contribution in [2.75, 3.05) is 27.0 Å². The Labute approximate surface area is 184 Å². The van der Waals surface area contributed by atoms with Crippen LogP contribution >= 0.6 is 0 Å². The standard InChI is InChI=1S/C22H22FN5O3S/c1-27(2)18(13-29)15-9-11-28-19(12-15)26-20(14-4-6-16(23)7-5-14)21(28)17-8-10-24-22(25-17)32(3,30)31/h4-12,18,29H,13H2,1-3H3. The molecule has 0 aliphatic carbocycles. The zero-order valence-corrected chi connectivity index (χ0v) is 18.6. The predicted octanol–water partition coefficient (Wildman–Crippen LogP) is 2.60. The molecule has 0 spiro atoms. The second-order valence-corrected chi connectivity index (χ2v) is 9.57. The number of nitrogens with zero attached hydrogens (tertiary/aromatic N) is 5. The molecular formula is C22H22FN5O3S. The first kappa shape index (κ1) is 22.0. The van der Waals surface area contributed by atoms with Crippen molar-refractivity contribution in [3.8, 4) is 22.6 Å². The van der Waals surface area contributed by atoms with Gasteiger partial charge in [-0.25, -0.2) is 27.8 Å². The van der Waals surface area contributed by atoms with Gasteiger partial charge in [-0.2, -0.15) is 0 Å². The average molecular weight is 456 g/mol. The third-order valence-corrected chi connectivity index (χ3v) is 6.02. The molecule has 1 unspecified atom stereocenters. The van der Waals surface area contributed by atoms with Crippen molar-refractivity contribution in [1.82, 2.24) is 24.3 Å². The quantitative estimate of drug-likeness (QED) is 0.446. The summed E-state index contributed by atoms with van der Waals surface area (Å²) in [6.07, 6.45) is 4.23. The van der Waals surface area contributed by atoms with E-state index in [2.05, 4.69) is 9.97 Å². The van der Waals surface area contributed by atoms with Crippen molar-refractivity contribution in [3.05, 3.63) is 66.2 Å². The number of aromatic nitrogens is 4. The minimum atomic E-state index is -3.62. The van der Waals surface area contributed by atoms with E-state index in [0.29, 0.717) is 28.3 Å². The lowest BCUT2D eigenvalue weighted by Gasteiger charge is -2.22. The fourth-order valence-corrected chi connectivity index (χ4v) is 4.06. The zero-order valence-electron chi connectivity index (χ0n) is 17.8. The smallest absolute Gasteiger partial charge is 0.247 e. The molecular weight excluding hydrogens is 433 g/mol. The number of pyridine rings is 1. The first-order valence-electron chi connectivity index (χ1n) is 9.77. The lowest BCUT2D eigenvalue weighted by Crippen LogP contribution is -2.23. The van der Waals surface area contributed by atoms with Crippen LogP contribution in [-0.4, -0.2) is 64.7 Å². The highest BCUT2D eigenvalue weighted by molar-refractivity contribution is 7.90. The van der Waals surface area contributed by atoms with E-state index in [1.807, 2.05) is 31.1 Å². The molecule has 1 N–H and O–H groups in total. The minimum Gasteiger partial charge on any atom is -0.394 e. The van der Waals surface area contributed by atoms with Crippen molar-refractivity contribution in [1.29, 1.82) is 0 Å². The minimum absolute atomic E-state index is 0.0643. The van der Waals surface area contributed by atoms with Gasteiger partial charge < -0.3 is 10.0 Å². The second-order valence-electron chi connectivity index (χ2n) is 7.66. The molecule has 8 nitrogen and oxygen atoms in total. The molecule has 3 aromatic heterocycles. The van der Waals surface area contributed by atoms with E-state index in [0.717, 1.165) is 11.8 Å². The lowest BCUT2D eigenvalue weighted by molar-refractivity contribution is 0.171. The van der Waals surface area contributed by atoms with Gasteiger partial charge in [-0.3, -0.25) is 4.40 Å². The van der Waals surface area contributed by atoms with Gasteiger partial charge in [-0.1, -0.05) is 0 Å². The number of halogens is 1. The Hall–Kier alpha value is -3.21. The Bertz CT molecular complexity index is 1380. The predicted molar refractivity (Wildman–Crippen MR) is 118 cm³/mol. The highest BCUT2D eigenvalue weighted by Gasteiger charge is 2.21. The first-order chi connectivity index (χ1) is 15.2. The molecule has 0 saturated heterocycles. The number of rotatable bonds is 6. The van der Waals surface area contributed by atoms with Gasteiger partial charge in [0.1, 0.15) is 11.5 Å². The maximum atomic E-state index is 13.5. The normalized spacial score (nSPS) is 13.1. The van der Waals surface area contributed by atoms with Gasteiger partial charge in [-0.05, 0) is 62.1 Å². The third-order valence-electron chi connectivity index (χ3n) is 5.16. The molecule has 4 rings (SSSR count). The zero-order chi connectivity index (χ0) is 23.0. The van der Waals surface area contributed by atoms with Crippen molar-refractivity contribution in [3.63, 3.8) is 0 Å². The number of aliphatic hydroxyl groups is 1. The fraction of sp³-hybridized carbons (Fsp3) is 0.227. The summed E-state index contributed by atoms with van der Waals surface area (Å²) in [6.45, 7) is -0.0643. The number of likely N-dealkylation sites (N-methyl/N-ethyl adjacent to an activating group) is 1. The Morgan fingerprint density at radius 1 is 1.12 bits per heavy atom. The number of sulfone groups is 1. The molecule has 0 saturated carbocycles. The maximum Gasteiger partial charge on any atom is 0.247 e. The Morgan fingerprint density at radius 2 is 1.84 bits per heavy atom. The average Bonchev–Trinajstić information content (AvgIpc) is 3.13. The van der Waals surface area contributed by atoms with Crippen LogP contribution in [0.4, 0.5) is 4.39 Å². The monoisotopic (exact) mass is 455 g/mol. The number of fused-ring (bicyclic) bond motifs is 1. The summed E-state index contributed by atoms with van der Waals surface area (Å²) in [5.41, 5.74) is 3.54. The highest BCUT2D eigenvalue weighted by Crippen LogP contribution is 2.33. The van der Waals surface area contributed by atoms with Crippen molar-refractivity contribution in [2.45, 2.75) is 11.2 Å². The summed E-state index contributed by atoms with van der Waals surface area (Å²) in [6, 6.07) is 11.0. The van der Waals surface area contributed by atoms with E-state index in [-0.39, 0.29) is 23.6 Å². The molecule has 1 aromatic carbocycles. The summed E-state index contributed by atoms with van der Waals surface area (Å²) < 4.78 is 39.3. The van der Waals surface area contributed by atoms with E-state index in [4.69, 9.17) is 4.98 Å². The summed E-state index contributed by atoms with van der Waals surface area (Å²) in [7, 11) is 0.131. The molecule has 4 aromatic rings. The van der Waals surface area contributed by atoms with Crippen molar-refractivity contribution in [2.24, 2.45) is 0 Å². The summed E-state index contributed by atoms with van der Waals surface area (Å²) in [4.78, 5) is 14.8. The molecule has 3 heterocycles. The molecule has 0 fully saturated rings. The largest absolute Gasteiger partial charge is 0.394 e. The van der Waals surface area contributed by atoms with Gasteiger partial charge in [0.15, 0.2) is 0 Å². The topological polar surface area (TPSA) is 101 Å². The number of aliphatic hydroxyl groups excluding tert-OH is 1. The van der Waals surface area contributed by atoms with E-state index >= 15 is 0 Å². The highest BCUT2D eigenvalue weighted by atomic mass is 32.2. The van der Waals surface area contributed by atoms with Crippen molar-refractivity contribution >= 4 is 15.5 Å². The van der Waals surface area contributed by atoms with Crippen LogP contribution < -0.4 is 0 Å². The summed E-state index contributed by atoms with van der Waals surface area (Å²) in [5.74, 6) is -0.375. The molecule has 166 valence electrons. The van der Waals surface area contributed by atoms with Gasteiger partial charge in [0.2, 0.25) is 15.0 Å². The summed E-state index contributed by atoms with van der Waals surface area (Å²) >= 11 is 0. The molecule has 10 heteroatoms. The van der Waals surface area contributed by atoms with Crippen LogP contribution in [0.15, 0.2) is 60.0 Å². The number of hydrogen-bond donors (Lipinski definition) is 1. The van der Waals surface area contributed by atoms with Crippen LogP contribution in [0, 0.1) is 5.82 Å². The third kappa shape index (κ3) is 4.12. The van der Waals surface area contributed by atoms with E-state index in [9.17, 15) is 17.9 Å². The van der Waals surface area contributed by atoms with Crippen LogP contribution in [0.5, 0.6) is 0 Å².